The number of carbonyl (C=O) groups excluding carboxylic acids is 1. The molecule has 2 bridgehead atoms. The van der Waals surface area contributed by atoms with Gasteiger partial charge in [-0.2, -0.15) is 0 Å². The van der Waals surface area contributed by atoms with E-state index in [2.05, 4.69) is 11.8 Å². The van der Waals surface area contributed by atoms with Gasteiger partial charge in [-0.05, 0) is 65.3 Å². The van der Waals surface area contributed by atoms with Crippen LogP contribution in [0, 0.1) is 5.92 Å². The van der Waals surface area contributed by atoms with Crippen LogP contribution in [-0.4, -0.2) is 70.0 Å². The number of hydrogen-bond acceptors (Lipinski definition) is 5. The highest BCUT2D eigenvalue weighted by atomic mass is 16.6. The van der Waals surface area contributed by atoms with Gasteiger partial charge in [-0.1, -0.05) is 6.92 Å². The Morgan fingerprint density at radius 1 is 1.28 bits per heavy atom. The second-order valence-corrected chi connectivity index (χ2v) is 9.30. The number of aliphatic hydroxyl groups is 1. The van der Waals surface area contributed by atoms with Crippen molar-refractivity contribution in [1.82, 2.24) is 9.80 Å². The molecule has 25 heavy (non-hydrogen) atoms. The zero-order valence-corrected chi connectivity index (χ0v) is 16.3. The van der Waals surface area contributed by atoms with Gasteiger partial charge in [-0.15, -0.1) is 0 Å². The lowest BCUT2D eigenvalue weighted by Gasteiger charge is -2.61. The van der Waals surface area contributed by atoms with Gasteiger partial charge in [0.2, 0.25) is 0 Å². The molecule has 3 N–H and O–H groups in total. The highest BCUT2D eigenvalue weighted by Crippen LogP contribution is 2.48. The van der Waals surface area contributed by atoms with Gasteiger partial charge in [-0.3, -0.25) is 0 Å². The van der Waals surface area contributed by atoms with Crippen molar-refractivity contribution in [2.45, 2.75) is 82.6 Å². The first-order valence-corrected chi connectivity index (χ1v) is 9.81. The van der Waals surface area contributed by atoms with Crippen molar-refractivity contribution in [3.63, 3.8) is 0 Å². The second-order valence-electron chi connectivity index (χ2n) is 9.30. The quantitative estimate of drug-likeness (QED) is 0.793. The molecule has 6 heteroatoms. The average Bonchev–Trinajstić information content (AvgIpc) is 2.54. The van der Waals surface area contributed by atoms with E-state index >= 15 is 0 Å². The number of hydrogen-bond donors (Lipinski definition) is 2. The van der Waals surface area contributed by atoms with E-state index in [-0.39, 0.29) is 12.1 Å². The fourth-order valence-corrected chi connectivity index (χ4v) is 5.09. The van der Waals surface area contributed by atoms with Crippen LogP contribution >= 0.6 is 0 Å². The smallest absolute Gasteiger partial charge is 0.410 e. The maximum absolute atomic E-state index is 12.7. The van der Waals surface area contributed by atoms with Gasteiger partial charge in [-0.25, -0.2) is 4.79 Å². The van der Waals surface area contributed by atoms with Crippen LogP contribution in [0.3, 0.4) is 0 Å². The van der Waals surface area contributed by atoms with Crippen molar-refractivity contribution in [2.24, 2.45) is 11.7 Å². The first-order valence-electron chi connectivity index (χ1n) is 9.81. The minimum atomic E-state index is -0.900. The van der Waals surface area contributed by atoms with Crippen LogP contribution in [0.25, 0.3) is 0 Å². The molecule has 4 fully saturated rings. The second kappa shape index (κ2) is 6.39. The molecule has 4 rings (SSSR count). The number of fused-ring (bicyclic) bond motifs is 3. The molecule has 3 atom stereocenters. The van der Waals surface area contributed by atoms with Crippen LogP contribution in [-0.2, 0) is 4.74 Å². The molecule has 3 heterocycles. The summed E-state index contributed by atoms with van der Waals surface area (Å²) in [6.07, 6.45) is 3.83. The van der Waals surface area contributed by atoms with Crippen molar-refractivity contribution >= 4 is 6.09 Å². The summed E-state index contributed by atoms with van der Waals surface area (Å²) in [6.45, 7) is 11.3. The van der Waals surface area contributed by atoms with Crippen molar-refractivity contribution in [3.8, 4) is 0 Å². The molecule has 144 valence electrons. The van der Waals surface area contributed by atoms with Gasteiger partial charge in [0.05, 0.1) is 17.2 Å². The maximum Gasteiger partial charge on any atom is 0.410 e. The van der Waals surface area contributed by atoms with E-state index in [1.807, 2.05) is 25.7 Å². The number of piperidine rings is 3. The Labute approximate surface area is 151 Å². The summed E-state index contributed by atoms with van der Waals surface area (Å²) in [5, 5.41) is 11.5. The van der Waals surface area contributed by atoms with Gasteiger partial charge in [0.15, 0.2) is 0 Å². The first kappa shape index (κ1) is 18.9. The monoisotopic (exact) mass is 353 g/mol. The Balaban J connectivity index is 1.81. The summed E-state index contributed by atoms with van der Waals surface area (Å²) >= 11 is 0. The number of nitrogens with two attached hydrogens (primary N) is 1. The Morgan fingerprint density at radius 3 is 2.44 bits per heavy atom. The van der Waals surface area contributed by atoms with E-state index in [1.54, 1.807) is 0 Å². The van der Waals surface area contributed by atoms with Crippen LogP contribution in [0.1, 0.15) is 59.8 Å². The number of amides is 1. The van der Waals surface area contributed by atoms with E-state index in [9.17, 15) is 9.90 Å². The minimum absolute atomic E-state index is 0.134. The minimum Gasteiger partial charge on any atom is -0.444 e. The SMILES string of the molecule is CCN1CCC(O)(C2(N)CC3CCC2N(C(=O)OC(C)(C)C)C3)CC1. The molecule has 3 unspecified atom stereocenters. The molecule has 0 radical (unpaired) electrons. The van der Waals surface area contributed by atoms with E-state index in [1.165, 1.54) is 0 Å². The highest BCUT2D eigenvalue weighted by Gasteiger charge is 2.61. The average molecular weight is 354 g/mol. The number of rotatable bonds is 2. The zero-order valence-electron chi connectivity index (χ0n) is 16.3. The Kier molecular flexibility index (Phi) is 4.84. The third-order valence-corrected chi connectivity index (χ3v) is 6.53. The largest absolute Gasteiger partial charge is 0.444 e. The van der Waals surface area contributed by atoms with Gasteiger partial charge in [0.1, 0.15) is 5.60 Å². The summed E-state index contributed by atoms with van der Waals surface area (Å²) < 4.78 is 5.62. The third kappa shape index (κ3) is 3.40. The van der Waals surface area contributed by atoms with Crippen LogP contribution in [0.2, 0.25) is 0 Å². The number of ether oxygens (including phenoxy) is 1. The van der Waals surface area contributed by atoms with E-state index < -0.39 is 16.7 Å². The van der Waals surface area contributed by atoms with Crippen LogP contribution < -0.4 is 5.73 Å². The Morgan fingerprint density at radius 2 is 1.92 bits per heavy atom. The van der Waals surface area contributed by atoms with Crippen molar-refractivity contribution in [1.29, 1.82) is 0 Å². The molecule has 0 aromatic carbocycles. The molecule has 3 saturated heterocycles. The summed E-state index contributed by atoms with van der Waals surface area (Å²) in [4.78, 5) is 16.9. The highest BCUT2D eigenvalue weighted by molar-refractivity contribution is 5.69. The molecule has 6 nitrogen and oxygen atoms in total. The van der Waals surface area contributed by atoms with Gasteiger partial charge < -0.3 is 25.4 Å². The molecule has 1 saturated carbocycles. The van der Waals surface area contributed by atoms with Gasteiger partial charge >= 0.3 is 6.09 Å². The normalized spacial score (nSPS) is 35.7. The summed E-state index contributed by atoms with van der Waals surface area (Å²) in [5.41, 5.74) is 4.76. The Bertz CT molecular complexity index is 511. The third-order valence-electron chi connectivity index (χ3n) is 6.53. The molecule has 0 spiro atoms. The lowest BCUT2D eigenvalue weighted by atomic mass is 9.58. The Hall–Kier alpha value is -0.850. The van der Waals surface area contributed by atoms with Crippen LogP contribution in [0.4, 0.5) is 4.79 Å². The van der Waals surface area contributed by atoms with Crippen molar-refractivity contribution in [3.05, 3.63) is 0 Å². The summed E-state index contributed by atoms with van der Waals surface area (Å²) in [7, 11) is 0. The fraction of sp³-hybridized carbons (Fsp3) is 0.947. The topological polar surface area (TPSA) is 79.0 Å². The zero-order chi connectivity index (χ0) is 18.5. The van der Waals surface area contributed by atoms with Crippen molar-refractivity contribution in [2.75, 3.05) is 26.2 Å². The van der Waals surface area contributed by atoms with E-state index in [0.717, 1.165) is 38.9 Å². The summed E-state index contributed by atoms with van der Waals surface area (Å²) in [5.74, 6) is 0.357. The fourth-order valence-electron chi connectivity index (χ4n) is 5.09. The molecule has 4 aliphatic rings. The van der Waals surface area contributed by atoms with Crippen LogP contribution in [0.15, 0.2) is 0 Å². The molecule has 1 aliphatic carbocycles. The molecular weight excluding hydrogens is 318 g/mol. The molecule has 3 aliphatic heterocycles. The van der Waals surface area contributed by atoms with E-state index in [4.69, 9.17) is 10.5 Å². The first-order chi connectivity index (χ1) is 11.6. The standard InChI is InChI=1S/C19H35N3O3/c1-5-21-10-8-18(24,9-11-21)19(20)12-14-6-7-15(19)22(13-14)16(23)25-17(2,3)4/h14-15,24H,5-13,20H2,1-4H3. The van der Waals surface area contributed by atoms with E-state index in [0.29, 0.717) is 25.3 Å². The van der Waals surface area contributed by atoms with Crippen LogP contribution in [0.5, 0.6) is 0 Å². The van der Waals surface area contributed by atoms with Crippen molar-refractivity contribution < 1.29 is 14.6 Å². The van der Waals surface area contributed by atoms with Gasteiger partial charge in [0.25, 0.3) is 0 Å². The maximum atomic E-state index is 12.7. The number of carbonyl (C=O) groups is 1. The molecule has 0 aromatic heterocycles. The number of nitrogens with zero attached hydrogens (tertiary/aromatic N) is 2. The molecule has 1 amide bonds. The molecule has 0 aromatic rings. The van der Waals surface area contributed by atoms with Gasteiger partial charge in [0, 0.05) is 19.6 Å². The summed E-state index contributed by atoms with van der Waals surface area (Å²) in [6, 6.07) is -0.134. The predicted molar refractivity (Wildman–Crippen MR) is 97.3 cm³/mol. The molecular formula is C19H35N3O3. The number of likely N-dealkylation sites (tertiary alicyclic amines) is 1. The lowest BCUT2D eigenvalue weighted by Crippen LogP contribution is -2.78. The lowest BCUT2D eigenvalue weighted by molar-refractivity contribution is -0.147. The predicted octanol–water partition coefficient (Wildman–Crippen LogP) is 1.95.